The molecule has 0 amide bonds. The number of hydrogen-bond acceptors (Lipinski definition) is 6. The summed E-state index contributed by atoms with van der Waals surface area (Å²) in [5.41, 5.74) is 9.66. The molecule has 5 nitrogen and oxygen atoms in total. The van der Waals surface area contributed by atoms with Crippen molar-refractivity contribution in [3.8, 4) is 11.1 Å². The number of nitrogens with zero attached hydrogens (tertiary/aromatic N) is 3. The van der Waals surface area contributed by atoms with Gasteiger partial charge in [0.05, 0.1) is 12.5 Å². The van der Waals surface area contributed by atoms with Gasteiger partial charge >= 0.3 is 0 Å². The molecule has 0 unspecified atom stereocenters. The molecule has 0 aliphatic carbocycles. The molecule has 0 aliphatic heterocycles. The van der Waals surface area contributed by atoms with E-state index < -0.39 is 0 Å². The van der Waals surface area contributed by atoms with Crippen LogP contribution in [0.2, 0.25) is 5.15 Å². The number of benzene rings is 1. The third-order valence-corrected chi connectivity index (χ3v) is 4.93. The fraction of sp³-hybridized carbons (Fsp3) is 0.105. The Morgan fingerprint density at radius 3 is 2.77 bits per heavy atom. The van der Waals surface area contributed by atoms with Gasteiger partial charge in [-0.05, 0) is 18.1 Å². The van der Waals surface area contributed by atoms with E-state index in [0.29, 0.717) is 16.1 Å². The number of fused-ring (bicyclic) bond motifs is 1. The molecule has 0 saturated heterocycles. The van der Waals surface area contributed by atoms with E-state index >= 15 is 0 Å². The second kappa shape index (κ2) is 7.35. The molecule has 2 N–H and O–H groups in total. The number of nitrogen functional groups attached to an aromatic ring is 1. The van der Waals surface area contributed by atoms with Gasteiger partial charge in [-0.15, -0.1) is 0 Å². The zero-order valence-corrected chi connectivity index (χ0v) is 15.3. The summed E-state index contributed by atoms with van der Waals surface area (Å²) < 4.78 is 5.64. The van der Waals surface area contributed by atoms with E-state index in [1.165, 1.54) is 17.8 Å². The van der Waals surface area contributed by atoms with Crippen LogP contribution in [0.1, 0.15) is 5.69 Å². The highest BCUT2D eigenvalue weighted by Gasteiger charge is 2.10. The summed E-state index contributed by atoms with van der Waals surface area (Å²) in [6.45, 7) is 0. The largest absolute Gasteiger partial charge is 0.462 e. The molecule has 7 heteroatoms. The molecule has 1 aromatic carbocycles. The van der Waals surface area contributed by atoms with Gasteiger partial charge in [-0.3, -0.25) is 4.98 Å². The Kier molecular flexibility index (Phi) is 4.77. The normalized spacial score (nSPS) is 11.1. The predicted octanol–water partition coefficient (Wildman–Crippen LogP) is 4.86. The van der Waals surface area contributed by atoms with Gasteiger partial charge in [0.15, 0.2) is 10.7 Å². The van der Waals surface area contributed by atoms with Crippen molar-refractivity contribution in [3.05, 3.63) is 65.8 Å². The molecule has 0 fully saturated rings. The number of nitrogens with two attached hydrogens (primary N) is 1. The zero-order chi connectivity index (χ0) is 17.9. The standard InChI is InChI=1S/C19H15ClN4OS/c20-17-9-18(21)24-19(23-17)26-7-6-13-8-14-15(11-25-16(14)10-22-13)12-4-2-1-3-5-12/h1-5,8-11H,6-7H2,(H2,21,23,24). The van der Waals surface area contributed by atoms with E-state index in [0.717, 1.165) is 40.0 Å². The summed E-state index contributed by atoms with van der Waals surface area (Å²) in [4.78, 5) is 12.8. The van der Waals surface area contributed by atoms with Crippen LogP contribution in [0.3, 0.4) is 0 Å². The first-order valence-electron chi connectivity index (χ1n) is 8.03. The van der Waals surface area contributed by atoms with Crippen molar-refractivity contribution in [2.24, 2.45) is 0 Å². The third kappa shape index (κ3) is 3.66. The molecule has 0 spiro atoms. The third-order valence-electron chi connectivity index (χ3n) is 3.89. The van der Waals surface area contributed by atoms with Crippen LogP contribution in [0, 0.1) is 0 Å². The number of aryl methyl sites for hydroxylation is 1. The SMILES string of the molecule is Nc1cc(Cl)nc(SCCc2cc3c(-c4ccccc4)coc3cn2)n1. The Labute approximate surface area is 159 Å². The van der Waals surface area contributed by atoms with Gasteiger partial charge in [0.1, 0.15) is 11.0 Å². The van der Waals surface area contributed by atoms with Gasteiger partial charge in [-0.2, -0.15) is 0 Å². The minimum absolute atomic E-state index is 0.352. The molecular formula is C19H15ClN4OS. The first-order chi connectivity index (χ1) is 12.7. The van der Waals surface area contributed by atoms with Crippen LogP contribution in [0.15, 0.2) is 64.5 Å². The van der Waals surface area contributed by atoms with Crippen molar-refractivity contribution in [2.75, 3.05) is 11.5 Å². The van der Waals surface area contributed by atoms with Crippen molar-refractivity contribution < 1.29 is 4.42 Å². The molecule has 3 aromatic heterocycles. The molecule has 0 atom stereocenters. The fourth-order valence-electron chi connectivity index (χ4n) is 2.68. The molecule has 26 heavy (non-hydrogen) atoms. The van der Waals surface area contributed by atoms with Crippen LogP contribution in [0.5, 0.6) is 0 Å². The van der Waals surface area contributed by atoms with E-state index in [2.05, 4.69) is 33.2 Å². The number of halogens is 1. The minimum Gasteiger partial charge on any atom is -0.462 e. The maximum atomic E-state index is 5.91. The van der Waals surface area contributed by atoms with Crippen molar-refractivity contribution >= 4 is 40.1 Å². The molecule has 0 radical (unpaired) electrons. The second-order valence-corrected chi connectivity index (χ2v) is 7.13. The van der Waals surface area contributed by atoms with E-state index in [4.69, 9.17) is 21.8 Å². The number of thioether (sulfide) groups is 1. The summed E-state index contributed by atoms with van der Waals surface area (Å²) in [5, 5.41) is 1.99. The van der Waals surface area contributed by atoms with E-state index in [-0.39, 0.29) is 0 Å². The highest BCUT2D eigenvalue weighted by atomic mass is 35.5. The lowest BCUT2D eigenvalue weighted by Crippen LogP contribution is -1.97. The van der Waals surface area contributed by atoms with Crippen LogP contribution >= 0.6 is 23.4 Å². The average molecular weight is 383 g/mol. The number of aromatic nitrogens is 3. The van der Waals surface area contributed by atoms with Crippen molar-refractivity contribution in [1.82, 2.24) is 15.0 Å². The molecule has 0 bridgehead atoms. The van der Waals surface area contributed by atoms with Crippen LogP contribution < -0.4 is 5.73 Å². The van der Waals surface area contributed by atoms with Gasteiger partial charge in [-0.25, -0.2) is 9.97 Å². The van der Waals surface area contributed by atoms with Crippen LogP contribution in [0.25, 0.3) is 22.1 Å². The molecule has 0 saturated carbocycles. The molecule has 0 aliphatic rings. The first-order valence-corrected chi connectivity index (χ1v) is 9.40. The number of anilines is 1. The number of furan rings is 1. The summed E-state index contributed by atoms with van der Waals surface area (Å²) in [7, 11) is 0. The molecular weight excluding hydrogens is 368 g/mol. The van der Waals surface area contributed by atoms with Crippen LogP contribution in [-0.2, 0) is 6.42 Å². The van der Waals surface area contributed by atoms with E-state index in [9.17, 15) is 0 Å². The topological polar surface area (TPSA) is 77.8 Å². The predicted molar refractivity (Wildman–Crippen MR) is 105 cm³/mol. The van der Waals surface area contributed by atoms with Crippen molar-refractivity contribution in [2.45, 2.75) is 11.6 Å². The summed E-state index contributed by atoms with van der Waals surface area (Å²) in [6.07, 6.45) is 4.33. The van der Waals surface area contributed by atoms with Crippen LogP contribution in [0.4, 0.5) is 5.82 Å². The monoisotopic (exact) mass is 382 g/mol. The number of hydrogen-bond donors (Lipinski definition) is 1. The Bertz CT molecular complexity index is 1030. The lowest BCUT2D eigenvalue weighted by atomic mass is 10.0. The highest BCUT2D eigenvalue weighted by molar-refractivity contribution is 7.99. The van der Waals surface area contributed by atoms with Gasteiger partial charge in [0.25, 0.3) is 0 Å². The number of pyridine rings is 1. The number of rotatable bonds is 5. The lowest BCUT2D eigenvalue weighted by Gasteiger charge is -2.03. The summed E-state index contributed by atoms with van der Waals surface area (Å²) in [5.74, 6) is 1.15. The maximum absolute atomic E-state index is 5.91. The van der Waals surface area contributed by atoms with Crippen molar-refractivity contribution in [1.29, 1.82) is 0 Å². The Morgan fingerprint density at radius 2 is 1.96 bits per heavy atom. The van der Waals surface area contributed by atoms with Gasteiger partial charge in [-0.1, -0.05) is 53.7 Å². The fourth-order valence-corrected chi connectivity index (χ4v) is 3.75. The molecule has 130 valence electrons. The Balaban J connectivity index is 1.52. The van der Waals surface area contributed by atoms with Crippen molar-refractivity contribution in [3.63, 3.8) is 0 Å². The summed E-state index contributed by atoms with van der Waals surface area (Å²) >= 11 is 7.41. The van der Waals surface area contributed by atoms with E-state index in [1.807, 2.05) is 18.2 Å². The van der Waals surface area contributed by atoms with E-state index in [1.54, 1.807) is 12.5 Å². The molecule has 4 rings (SSSR count). The van der Waals surface area contributed by atoms with Gasteiger partial charge in [0, 0.05) is 28.5 Å². The highest BCUT2D eigenvalue weighted by Crippen LogP contribution is 2.30. The maximum Gasteiger partial charge on any atom is 0.190 e. The first kappa shape index (κ1) is 16.9. The van der Waals surface area contributed by atoms with Gasteiger partial charge < -0.3 is 10.2 Å². The molecule has 3 heterocycles. The Hall–Kier alpha value is -2.57. The average Bonchev–Trinajstić information content (AvgIpc) is 3.05. The zero-order valence-electron chi connectivity index (χ0n) is 13.7. The van der Waals surface area contributed by atoms with Gasteiger partial charge in [0.2, 0.25) is 0 Å². The quantitative estimate of drug-likeness (QED) is 0.302. The Morgan fingerprint density at radius 1 is 1.12 bits per heavy atom. The van der Waals surface area contributed by atoms with Crippen LogP contribution in [-0.4, -0.2) is 20.7 Å². The smallest absolute Gasteiger partial charge is 0.190 e. The molecule has 4 aromatic rings. The summed E-state index contributed by atoms with van der Waals surface area (Å²) in [6, 6.07) is 13.8. The second-order valence-electron chi connectivity index (χ2n) is 5.68. The minimum atomic E-state index is 0.352. The lowest BCUT2D eigenvalue weighted by molar-refractivity contribution is 0.615.